The Labute approximate surface area is 105 Å². The molecule has 1 nitrogen and oxygen atoms in total. The molecule has 2 aliphatic carbocycles. The first-order valence-electron chi connectivity index (χ1n) is 7.00. The smallest absolute Gasteiger partial charge is 0.0609 e. The van der Waals surface area contributed by atoms with Crippen molar-refractivity contribution in [3.63, 3.8) is 0 Å². The fraction of sp³-hybridized carbons (Fsp3) is 0.625. The Morgan fingerprint density at radius 1 is 1.24 bits per heavy atom. The van der Waals surface area contributed by atoms with Crippen molar-refractivity contribution in [3.8, 4) is 12.3 Å². The van der Waals surface area contributed by atoms with E-state index in [2.05, 4.69) is 23.0 Å². The average Bonchev–Trinajstić information content (AvgIpc) is 2.39. The van der Waals surface area contributed by atoms with Gasteiger partial charge in [-0.1, -0.05) is 30.1 Å². The molecule has 1 heterocycles. The van der Waals surface area contributed by atoms with E-state index < -0.39 is 0 Å². The number of fused-ring (bicyclic) bond motifs is 2. The summed E-state index contributed by atoms with van der Waals surface area (Å²) in [4.78, 5) is 2.60. The third kappa shape index (κ3) is 1.96. The molecule has 0 aromatic heterocycles. The van der Waals surface area contributed by atoms with Gasteiger partial charge < -0.3 is 0 Å². The van der Waals surface area contributed by atoms with E-state index in [0.29, 0.717) is 12.1 Å². The van der Waals surface area contributed by atoms with Crippen LogP contribution in [0, 0.1) is 12.3 Å². The summed E-state index contributed by atoms with van der Waals surface area (Å²) < 4.78 is 0. The minimum absolute atomic E-state index is 0.617. The van der Waals surface area contributed by atoms with Crippen LogP contribution in [0.1, 0.15) is 44.9 Å². The lowest BCUT2D eigenvalue weighted by Gasteiger charge is -2.45. The lowest BCUT2D eigenvalue weighted by Crippen LogP contribution is -2.49. The van der Waals surface area contributed by atoms with Crippen molar-refractivity contribution in [2.75, 3.05) is 6.54 Å². The van der Waals surface area contributed by atoms with Crippen LogP contribution in [0.15, 0.2) is 23.3 Å². The Bertz CT molecular complexity index is 396. The molecule has 17 heavy (non-hydrogen) atoms. The number of hydrogen-bond donors (Lipinski definition) is 0. The highest BCUT2D eigenvalue weighted by atomic mass is 15.2. The summed E-state index contributed by atoms with van der Waals surface area (Å²) in [5.74, 6) is 2.87. The van der Waals surface area contributed by atoms with Crippen molar-refractivity contribution < 1.29 is 0 Å². The molecule has 0 saturated heterocycles. The first-order valence-corrected chi connectivity index (χ1v) is 7.00. The molecule has 2 atom stereocenters. The van der Waals surface area contributed by atoms with Gasteiger partial charge in [0.15, 0.2) is 0 Å². The Morgan fingerprint density at radius 3 is 3.00 bits per heavy atom. The molecule has 0 aromatic carbocycles. The van der Waals surface area contributed by atoms with Gasteiger partial charge in [0.05, 0.1) is 6.54 Å². The van der Waals surface area contributed by atoms with Crippen LogP contribution in [0.2, 0.25) is 0 Å². The van der Waals surface area contributed by atoms with Crippen LogP contribution in [0.5, 0.6) is 0 Å². The van der Waals surface area contributed by atoms with Crippen molar-refractivity contribution in [1.29, 1.82) is 0 Å². The van der Waals surface area contributed by atoms with Crippen molar-refractivity contribution in [2.24, 2.45) is 0 Å². The fourth-order valence-electron chi connectivity index (χ4n) is 3.72. The predicted octanol–water partition coefficient (Wildman–Crippen LogP) is 3.28. The molecule has 0 aromatic rings. The second-order valence-corrected chi connectivity index (χ2v) is 5.51. The zero-order chi connectivity index (χ0) is 11.7. The van der Waals surface area contributed by atoms with Gasteiger partial charge in [-0.05, 0) is 44.1 Å². The Morgan fingerprint density at radius 2 is 2.12 bits per heavy atom. The topological polar surface area (TPSA) is 3.24 Å². The van der Waals surface area contributed by atoms with Crippen LogP contribution >= 0.6 is 0 Å². The quantitative estimate of drug-likeness (QED) is 0.621. The number of allylic oxidation sites excluding steroid dienone is 1. The maximum atomic E-state index is 5.57. The van der Waals surface area contributed by atoms with E-state index in [4.69, 9.17) is 6.42 Å². The highest BCUT2D eigenvalue weighted by Gasteiger charge is 2.35. The van der Waals surface area contributed by atoms with Crippen molar-refractivity contribution in [1.82, 2.24) is 4.90 Å². The van der Waals surface area contributed by atoms with E-state index in [0.717, 1.165) is 6.54 Å². The van der Waals surface area contributed by atoms with Crippen molar-refractivity contribution >= 4 is 0 Å². The largest absolute Gasteiger partial charge is 0.279 e. The first kappa shape index (κ1) is 11.1. The van der Waals surface area contributed by atoms with Gasteiger partial charge in [-0.25, -0.2) is 0 Å². The van der Waals surface area contributed by atoms with Crippen molar-refractivity contribution in [3.05, 3.63) is 23.3 Å². The van der Waals surface area contributed by atoms with E-state index >= 15 is 0 Å². The van der Waals surface area contributed by atoms with Gasteiger partial charge in [-0.15, -0.1) is 6.42 Å². The molecular weight excluding hydrogens is 206 g/mol. The summed E-state index contributed by atoms with van der Waals surface area (Å²) in [7, 11) is 0. The van der Waals surface area contributed by atoms with Gasteiger partial charge in [0.2, 0.25) is 0 Å². The number of hydrogen-bond acceptors (Lipinski definition) is 1. The van der Waals surface area contributed by atoms with E-state index in [1.165, 1.54) is 44.9 Å². The third-order valence-electron chi connectivity index (χ3n) is 4.49. The van der Waals surface area contributed by atoms with Crippen molar-refractivity contribution in [2.45, 2.75) is 57.0 Å². The normalized spacial score (nSPS) is 32.9. The SMILES string of the molecule is C#CCN1C2CCCC=C2C=C2CCCCC21. The van der Waals surface area contributed by atoms with Crippen LogP contribution in [0.25, 0.3) is 0 Å². The van der Waals surface area contributed by atoms with Crippen LogP contribution in [-0.2, 0) is 0 Å². The molecule has 1 fully saturated rings. The molecule has 0 amide bonds. The van der Waals surface area contributed by atoms with Crippen LogP contribution in [0.3, 0.4) is 0 Å². The lowest BCUT2D eigenvalue weighted by atomic mass is 9.79. The highest BCUT2D eigenvalue weighted by molar-refractivity contribution is 5.37. The molecule has 2 unspecified atom stereocenters. The van der Waals surface area contributed by atoms with Gasteiger partial charge in [-0.3, -0.25) is 4.90 Å². The molecule has 0 spiro atoms. The van der Waals surface area contributed by atoms with Gasteiger partial charge in [-0.2, -0.15) is 0 Å². The predicted molar refractivity (Wildman–Crippen MR) is 71.6 cm³/mol. The molecular formula is C16H21N. The van der Waals surface area contributed by atoms with E-state index in [1.54, 1.807) is 11.1 Å². The molecule has 1 aliphatic heterocycles. The average molecular weight is 227 g/mol. The van der Waals surface area contributed by atoms with E-state index in [1.807, 2.05) is 0 Å². The summed E-state index contributed by atoms with van der Waals surface area (Å²) in [6, 6.07) is 1.27. The lowest BCUT2D eigenvalue weighted by molar-refractivity contribution is 0.155. The summed E-state index contributed by atoms with van der Waals surface area (Å²) >= 11 is 0. The molecule has 0 N–H and O–H groups in total. The second-order valence-electron chi connectivity index (χ2n) is 5.51. The van der Waals surface area contributed by atoms with Gasteiger partial charge >= 0.3 is 0 Å². The van der Waals surface area contributed by atoms with Crippen LogP contribution in [-0.4, -0.2) is 23.5 Å². The highest BCUT2D eigenvalue weighted by Crippen LogP contribution is 2.38. The molecule has 3 rings (SSSR count). The summed E-state index contributed by atoms with van der Waals surface area (Å²) in [5.41, 5.74) is 3.20. The standard InChI is InChI=1S/C16H21N/c1-2-11-17-15-9-5-3-7-13(15)12-14-8-4-6-10-16(14)17/h1,7,12,15-16H,3-6,8-11H2. The Hall–Kier alpha value is -1.00. The fourth-order valence-corrected chi connectivity index (χ4v) is 3.72. The Balaban J connectivity index is 1.96. The summed E-state index contributed by atoms with van der Waals surface area (Å²) in [6.45, 7) is 0.823. The molecule has 1 saturated carbocycles. The molecule has 1 heteroatoms. The summed E-state index contributed by atoms with van der Waals surface area (Å²) in [5, 5.41) is 0. The van der Waals surface area contributed by atoms with E-state index in [9.17, 15) is 0 Å². The number of nitrogens with zero attached hydrogens (tertiary/aromatic N) is 1. The second kappa shape index (κ2) is 4.70. The zero-order valence-electron chi connectivity index (χ0n) is 10.5. The van der Waals surface area contributed by atoms with Gasteiger partial charge in [0.1, 0.15) is 0 Å². The summed E-state index contributed by atoms with van der Waals surface area (Å²) in [6.07, 6.45) is 19.7. The molecule has 90 valence electrons. The molecule has 3 aliphatic rings. The third-order valence-corrected chi connectivity index (χ3v) is 4.49. The monoisotopic (exact) mass is 227 g/mol. The number of rotatable bonds is 1. The van der Waals surface area contributed by atoms with Gasteiger partial charge in [0, 0.05) is 12.1 Å². The first-order chi connectivity index (χ1) is 8.40. The maximum absolute atomic E-state index is 5.57. The zero-order valence-corrected chi connectivity index (χ0v) is 10.5. The van der Waals surface area contributed by atoms with Gasteiger partial charge in [0.25, 0.3) is 0 Å². The van der Waals surface area contributed by atoms with E-state index in [-0.39, 0.29) is 0 Å². The molecule has 0 radical (unpaired) electrons. The minimum Gasteiger partial charge on any atom is -0.279 e. The minimum atomic E-state index is 0.617. The Kier molecular flexibility index (Phi) is 3.07. The van der Waals surface area contributed by atoms with Crippen LogP contribution in [0.4, 0.5) is 0 Å². The number of terminal acetylenes is 1. The van der Waals surface area contributed by atoms with Crippen LogP contribution < -0.4 is 0 Å². The maximum Gasteiger partial charge on any atom is 0.0609 e. The molecule has 0 bridgehead atoms.